The Morgan fingerprint density at radius 2 is 2.44 bits per heavy atom. The molecule has 0 amide bonds. The third-order valence-corrected chi connectivity index (χ3v) is 3.54. The van der Waals surface area contributed by atoms with Gasteiger partial charge >= 0.3 is 5.97 Å². The molecule has 2 N–H and O–H groups in total. The highest BCUT2D eigenvalue weighted by atomic mass is 16.4. The van der Waals surface area contributed by atoms with Crippen molar-refractivity contribution < 1.29 is 9.90 Å². The maximum atomic E-state index is 11.2. The highest BCUT2D eigenvalue weighted by Gasteiger charge is 2.31. The molecule has 2 unspecified atom stereocenters. The van der Waals surface area contributed by atoms with Crippen LogP contribution in [0.4, 0.5) is 0 Å². The van der Waals surface area contributed by atoms with Gasteiger partial charge in [-0.25, -0.2) is 4.98 Å². The van der Waals surface area contributed by atoms with E-state index >= 15 is 0 Å². The summed E-state index contributed by atoms with van der Waals surface area (Å²) in [5.74, 6) is 1.14. The van der Waals surface area contributed by atoms with Crippen LogP contribution in [-0.4, -0.2) is 50.3 Å². The molecule has 0 aromatic carbocycles. The van der Waals surface area contributed by atoms with Crippen molar-refractivity contribution >= 4 is 5.97 Å². The molecule has 1 fully saturated rings. The average Bonchev–Trinajstić information content (AvgIpc) is 2.77. The summed E-state index contributed by atoms with van der Waals surface area (Å²) < 4.78 is 0. The maximum absolute atomic E-state index is 11.2. The van der Waals surface area contributed by atoms with E-state index in [1.165, 1.54) is 0 Å². The smallest absolute Gasteiger partial charge is 0.320 e. The first-order valence-electron chi connectivity index (χ1n) is 6.47. The van der Waals surface area contributed by atoms with Crippen LogP contribution in [0.2, 0.25) is 0 Å². The third kappa shape index (κ3) is 2.69. The quantitative estimate of drug-likeness (QED) is 0.840. The van der Waals surface area contributed by atoms with Crippen molar-refractivity contribution in [2.75, 3.05) is 13.1 Å². The largest absolute Gasteiger partial charge is 0.480 e. The number of aliphatic carboxylic acids is 1. The molecular formula is C12H20N4O2. The van der Waals surface area contributed by atoms with Crippen molar-refractivity contribution in [1.82, 2.24) is 20.1 Å². The molecular weight excluding hydrogens is 232 g/mol. The number of aromatic amines is 1. The molecule has 0 aliphatic carbocycles. The fraction of sp³-hybridized carbons (Fsp3) is 0.750. The molecule has 1 aliphatic rings. The van der Waals surface area contributed by atoms with E-state index in [4.69, 9.17) is 0 Å². The van der Waals surface area contributed by atoms with Crippen LogP contribution in [0, 0.1) is 6.92 Å². The van der Waals surface area contributed by atoms with Crippen LogP contribution in [-0.2, 0) is 4.79 Å². The minimum Gasteiger partial charge on any atom is -0.480 e. The van der Waals surface area contributed by atoms with Gasteiger partial charge in [0.15, 0.2) is 5.82 Å². The summed E-state index contributed by atoms with van der Waals surface area (Å²) in [5, 5.41) is 16.3. The fourth-order valence-corrected chi connectivity index (χ4v) is 2.63. The molecule has 18 heavy (non-hydrogen) atoms. The Morgan fingerprint density at radius 1 is 1.67 bits per heavy atom. The summed E-state index contributed by atoms with van der Waals surface area (Å²) in [6.07, 6.45) is 2.67. The van der Waals surface area contributed by atoms with Gasteiger partial charge in [-0.15, -0.1) is 0 Å². The lowest BCUT2D eigenvalue weighted by Crippen LogP contribution is -2.46. The van der Waals surface area contributed by atoms with E-state index < -0.39 is 5.97 Å². The van der Waals surface area contributed by atoms with E-state index in [1.54, 1.807) is 0 Å². The van der Waals surface area contributed by atoms with Crippen molar-refractivity contribution in [3.63, 3.8) is 0 Å². The Labute approximate surface area is 106 Å². The van der Waals surface area contributed by atoms with Crippen molar-refractivity contribution in [2.24, 2.45) is 0 Å². The highest BCUT2D eigenvalue weighted by Crippen LogP contribution is 2.26. The molecule has 6 heteroatoms. The molecule has 0 radical (unpaired) electrons. The second-order valence-corrected chi connectivity index (χ2v) is 4.88. The molecule has 0 bridgehead atoms. The Kier molecular flexibility index (Phi) is 3.96. The summed E-state index contributed by atoms with van der Waals surface area (Å²) >= 11 is 0. The second-order valence-electron chi connectivity index (χ2n) is 4.88. The number of piperidine rings is 1. The average molecular weight is 252 g/mol. The predicted octanol–water partition coefficient (Wildman–Crippen LogP) is 1.16. The molecule has 6 nitrogen and oxygen atoms in total. The van der Waals surface area contributed by atoms with Gasteiger partial charge in [-0.2, -0.15) is 5.10 Å². The SMILES string of the molecule is CCC(C(=O)O)N1CCCC(c2n[nH]c(C)n2)C1. The van der Waals surface area contributed by atoms with Crippen LogP contribution in [0.25, 0.3) is 0 Å². The zero-order valence-electron chi connectivity index (χ0n) is 10.9. The van der Waals surface area contributed by atoms with E-state index in [0.717, 1.165) is 37.6 Å². The van der Waals surface area contributed by atoms with Crippen LogP contribution in [0.3, 0.4) is 0 Å². The van der Waals surface area contributed by atoms with Gasteiger partial charge in [-0.3, -0.25) is 14.8 Å². The van der Waals surface area contributed by atoms with Crippen molar-refractivity contribution in [3.05, 3.63) is 11.6 Å². The molecule has 0 saturated carbocycles. The topological polar surface area (TPSA) is 82.1 Å². The number of nitrogens with one attached hydrogen (secondary N) is 1. The van der Waals surface area contributed by atoms with Crippen molar-refractivity contribution in [3.8, 4) is 0 Å². The molecule has 2 rings (SSSR count). The number of nitrogens with zero attached hydrogens (tertiary/aromatic N) is 3. The highest BCUT2D eigenvalue weighted by molar-refractivity contribution is 5.73. The molecule has 2 atom stereocenters. The lowest BCUT2D eigenvalue weighted by molar-refractivity contribution is -0.144. The van der Waals surface area contributed by atoms with Crippen molar-refractivity contribution in [1.29, 1.82) is 0 Å². The number of aromatic nitrogens is 3. The fourth-order valence-electron chi connectivity index (χ4n) is 2.63. The van der Waals surface area contributed by atoms with Crippen LogP contribution >= 0.6 is 0 Å². The summed E-state index contributed by atoms with van der Waals surface area (Å²) in [5.41, 5.74) is 0. The number of rotatable bonds is 4. The summed E-state index contributed by atoms with van der Waals surface area (Å²) in [7, 11) is 0. The number of aryl methyl sites for hydroxylation is 1. The number of carboxylic acids is 1. The Hall–Kier alpha value is -1.43. The summed E-state index contributed by atoms with van der Waals surface area (Å²) in [6, 6.07) is -0.382. The number of carboxylic acid groups (broad SMARTS) is 1. The third-order valence-electron chi connectivity index (χ3n) is 3.54. The first kappa shape index (κ1) is 13.0. The van der Waals surface area contributed by atoms with Gasteiger partial charge in [-0.1, -0.05) is 6.92 Å². The molecule has 1 saturated heterocycles. The molecule has 100 valence electrons. The summed E-state index contributed by atoms with van der Waals surface area (Å²) in [6.45, 7) is 5.38. The van der Waals surface area contributed by atoms with Gasteiger partial charge in [0, 0.05) is 12.5 Å². The first-order chi connectivity index (χ1) is 8.61. The van der Waals surface area contributed by atoms with Gasteiger partial charge in [0.2, 0.25) is 0 Å². The number of carbonyl (C=O) groups is 1. The Balaban J connectivity index is 2.06. The minimum atomic E-state index is -0.732. The monoisotopic (exact) mass is 252 g/mol. The minimum absolute atomic E-state index is 0.247. The Bertz CT molecular complexity index is 418. The lowest BCUT2D eigenvalue weighted by atomic mass is 9.95. The van der Waals surface area contributed by atoms with Crippen LogP contribution < -0.4 is 0 Å². The predicted molar refractivity (Wildman–Crippen MR) is 66.4 cm³/mol. The van der Waals surface area contributed by atoms with E-state index in [2.05, 4.69) is 15.2 Å². The van der Waals surface area contributed by atoms with E-state index in [0.29, 0.717) is 6.42 Å². The number of hydrogen-bond acceptors (Lipinski definition) is 4. The normalized spacial score (nSPS) is 22.9. The Morgan fingerprint density at radius 3 is 3.00 bits per heavy atom. The summed E-state index contributed by atoms with van der Waals surface area (Å²) in [4.78, 5) is 17.6. The number of hydrogen-bond donors (Lipinski definition) is 2. The standard InChI is InChI=1S/C12H20N4O2/c1-3-10(12(17)18)16-6-4-5-9(7-16)11-13-8(2)14-15-11/h9-10H,3-7H2,1-2H3,(H,17,18)(H,13,14,15). The van der Waals surface area contributed by atoms with Crippen molar-refractivity contribution in [2.45, 2.75) is 45.1 Å². The second kappa shape index (κ2) is 5.48. The van der Waals surface area contributed by atoms with Crippen LogP contribution in [0.5, 0.6) is 0 Å². The van der Waals surface area contributed by atoms with Crippen LogP contribution in [0.1, 0.15) is 43.8 Å². The van der Waals surface area contributed by atoms with Gasteiger partial charge < -0.3 is 5.11 Å². The molecule has 1 aromatic heterocycles. The number of likely N-dealkylation sites (tertiary alicyclic amines) is 1. The number of H-pyrrole nitrogens is 1. The zero-order valence-corrected chi connectivity index (χ0v) is 10.9. The van der Waals surface area contributed by atoms with E-state index in [1.807, 2.05) is 18.7 Å². The maximum Gasteiger partial charge on any atom is 0.320 e. The molecule has 0 spiro atoms. The van der Waals surface area contributed by atoms with E-state index in [9.17, 15) is 9.90 Å². The van der Waals surface area contributed by atoms with Gasteiger partial charge in [0.05, 0.1) is 0 Å². The van der Waals surface area contributed by atoms with Gasteiger partial charge in [0.1, 0.15) is 11.9 Å². The molecule has 2 heterocycles. The van der Waals surface area contributed by atoms with Crippen LogP contribution in [0.15, 0.2) is 0 Å². The van der Waals surface area contributed by atoms with Gasteiger partial charge in [0.25, 0.3) is 0 Å². The molecule has 1 aliphatic heterocycles. The molecule has 1 aromatic rings. The lowest BCUT2D eigenvalue weighted by Gasteiger charge is -2.35. The first-order valence-corrected chi connectivity index (χ1v) is 6.47. The van der Waals surface area contributed by atoms with Gasteiger partial charge in [-0.05, 0) is 32.7 Å². The zero-order chi connectivity index (χ0) is 13.1. The van der Waals surface area contributed by atoms with E-state index in [-0.39, 0.29) is 12.0 Å².